The normalized spacial score (nSPS) is 21.7. The summed E-state index contributed by atoms with van der Waals surface area (Å²) in [5.41, 5.74) is -0.788. The van der Waals surface area contributed by atoms with Crippen LogP contribution in [0.4, 0.5) is 4.79 Å². The molecule has 2 aliphatic heterocycles. The minimum Gasteiger partial charge on any atom is -0.379 e. The number of morpholine rings is 1. The van der Waals surface area contributed by atoms with Gasteiger partial charge in [-0.25, -0.2) is 4.79 Å². The molecule has 0 bridgehead atoms. The van der Waals surface area contributed by atoms with Crippen molar-refractivity contribution in [2.24, 2.45) is 0 Å². The van der Waals surface area contributed by atoms with Gasteiger partial charge in [0.1, 0.15) is 0 Å². The highest BCUT2D eigenvalue weighted by molar-refractivity contribution is 6.22. The Morgan fingerprint density at radius 1 is 1.00 bits per heavy atom. The molecule has 0 atom stereocenters. The zero-order chi connectivity index (χ0) is 16.3. The summed E-state index contributed by atoms with van der Waals surface area (Å²) in [7, 11) is 0. The minimum absolute atomic E-state index is 0.308. The molecule has 7 heteroatoms. The smallest absolute Gasteiger partial charge is 0.328 e. The fourth-order valence-electron chi connectivity index (χ4n) is 3.06. The molecular weight excluding hydrogens is 298 g/mol. The van der Waals surface area contributed by atoms with E-state index < -0.39 is 23.3 Å². The molecule has 1 aromatic carbocycles. The lowest BCUT2D eigenvalue weighted by atomic mass is 9.74. The first-order valence-corrected chi connectivity index (χ1v) is 7.65. The van der Waals surface area contributed by atoms with Crippen LogP contribution in [0, 0.1) is 0 Å². The van der Waals surface area contributed by atoms with Crippen molar-refractivity contribution in [3.8, 4) is 0 Å². The molecule has 3 rings (SSSR count). The molecule has 7 nitrogen and oxygen atoms in total. The van der Waals surface area contributed by atoms with Gasteiger partial charge >= 0.3 is 6.03 Å². The average Bonchev–Trinajstić information content (AvgIpc) is 2.56. The van der Waals surface area contributed by atoms with Crippen LogP contribution in [0.3, 0.4) is 0 Å². The number of imide groups is 2. The molecule has 0 radical (unpaired) electrons. The monoisotopic (exact) mass is 317 g/mol. The second-order valence-electron chi connectivity index (χ2n) is 5.71. The Hall–Kier alpha value is -2.25. The fourth-order valence-corrected chi connectivity index (χ4v) is 3.06. The van der Waals surface area contributed by atoms with Gasteiger partial charge in [-0.3, -0.25) is 25.1 Å². The zero-order valence-electron chi connectivity index (χ0n) is 12.7. The van der Waals surface area contributed by atoms with Gasteiger partial charge < -0.3 is 4.74 Å². The third kappa shape index (κ3) is 2.97. The van der Waals surface area contributed by atoms with E-state index in [9.17, 15) is 14.4 Å². The molecule has 23 heavy (non-hydrogen) atoms. The van der Waals surface area contributed by atoms with Crippen LogP contribution in [0.5, 0.6) is 0 Å². The molecule has 0 spiro atoms. The quantitative estimate of drug-likeness (QED) is 0.764. The van der Waals surface area contributed by atoms with Crippen LogP contribution >= 0.6 is 0 Å². The molecule has 0 aliphatic carbocycles. The van der Waals surface area contributed by atoms with E-state index in [1.807, 2.05) is 6.07 Å². The summed E-state index contributed by atoms with van der Waals surface area (Å²) < 4.78 is 5.31. The van der Waals surface area contributed by atoms with Gasteiger partial charge in [0.15, 0.2) is 5.41 Å². The van der Waals surface area contributed by atoms with Gasteiger partial charge in [0, 0.05) is 19.6 Å². The number of carbonyl (C=O) groups is 3. The molecule has 122 valence electrons. The van der Waals surface area contributed by atoms with Crippen molar-refractivity contribution in [3.05, 3.63) is 35.9 Å². The summed E-state index contributed by atoms with van der Waals surface area (Å²) in [5, 5.41) is 4.47. The van der Waals surface area contributed by atoms with Gasteiger partial charge in [0.25, 0.3) is 0 Å². The lowest BCUT2D eigenvalue weighted by Crippen LogP contribution is -2.65. The lowest BCUT2D eigenvalue weighted by Gasteiger charge is -2.36. The Labute approximate surface area is 134 Å². The van der Waals surface area contributed by atoms with Crippen LogP contribution < -0.4 is 10.6 Å². The first kappa shape index (κ1) is 15.6. The molecule has 0 unspecified atom stereocenters. The molecule has 4 amide bonds. The summed E-state index contributed by atoms with van der Waals surface area (Å²) in [6.45, 7) is 3.41. The summed E-state index contributed by atoms with van der Waals surface area (Å²) in [4.78, 5) is 38.7. The summed E-state index contributed by atoms with van der Waals surface area (Å²) >= 11 is 0. The van der Waals surface area contributed by atoms with Gasteiger partial charge in [-0.1, -0.05) is 30.3 Å². The number of benzene rings is 1. The maximum absolute atomic E-state index is 12.6. The molecule has 0 saturated carbocycles. The van der Waals surface area contributed by atoms with E-state index in [4.69, 9.17) is 4.74 Å². The third-order valence-corrected chi connectivity index (χ3v) is 4.40. The number of carbonyl (C=O) groups excluding carboxylic acids is 3. The molecule has 0 aromatic heterocycles. The summed E-state index contributed by atoms with van der Waals surface area (Å²) in [6.07, 6.45) is 0.308. The van der Waals surface area contributed by atoms with Crippen molar-refractivity contribution in [2.45, 2.75) is 11.8 Å². The van der Waals surface area contributed by atoms with Crippen molar-refractivity contribution in [3.63, 3.8) is 0 Å². The highest BCUT2D eigenvalue weighted by Gasteiger charge is 2.51. The highest BCUT2D eigenvalue weighted by Crippen LogP contribution is 2.31. The summed E-state index contributed by atoms with van der Waals surface area (Å²) in [6, 6.07) is 8.11. The predicted octanol–water partition coefficient (Wildman–Crippen LogP) is 0.0127. The number of nitrogens with zero attached hydrogens (tertiary/aromatic N) is 1. The Morgan fingerprint density at radius 3 is 2.22 bits per heavy atom. The van der Waals surface area contributed by atoms with E-state index in [0.29, 0.717) is 31.7 Å². The van der Waals surface area contributed by atoms with Crippen LogP contribution in [-0.4, -0.2) is 55.6 Å². The standard InChI is InChI=1S/C16H19N3O4/c20-13-16(12-4-2-1-3-5-12,14(21)18-15(22)17-13)6-7-19-8-10-23-11-9-19/h1-5H,6-11H2,(H2,17,18,20,21,22). The molecule has 2 fully saturated rings. The van der Waals surface area contributed by atoms with Crippen LogP contribution in [0.15, 0.2) is 30.3 Å². The molecule has 2 N–H and O–H groups in total. The van der Waals surface area contributed by atoms with Crippen molar-refractivity contribution >= 4 is 17.8 Å². The summed E-state index contributed by atoms with van der Waals surface area (Å²) in [5.74, 6) is -1.13. The molecule has 2 saturated heterocycles. The van der Waals surface area contributed by atoms with Crippen LogP contribution in [0.25, 0.3) is 0 Å². The maximum atomic E-state index is 12.6. The molecule has 2 aliphatic rings. The average molecular weight is 317 g/mol. The van der Waals surface area contributed by atoms with Crippen molar-refractivity contribution in [1.82, 2.24) is 15.5 Å². The number of nitrogens with one attached hydrogen (secondary N) is 2. The second-order valence-corrected chi connectivity index (χ2v) is 5.71. The number of urea groups is 1. The number of ether oxygens (including phenoxy) is 1. The van der Waals surface area contributed by atoms with E-state index in [1.54, 1.807) is 24.3 Å². The number of hydrogen-bond acceptors (Lipinski definition) is 5. The van der Waals surface area contributed by atoms with Gasteiger partial charge in [-0.2, -0.15) is 0 Å². The number of hydrogen-bond donors (Lipinski definition) is 2. The topological polar surface area (TPSA) is 87.7 Å². The SMILES string of the molecule is O=C1NC(=O)C(CCN2CCOCC2)(c2ccccc2)C(=O)N1. The zero-order valence-corrected chi connectivity index (χ0v) is 12.7. The lowest BCUT2D eigenvalue weighted by molar-refractivity contribution is -0.139. The first-order chi connectivity index (χ1) is 11.1. The largest absolute Gasteiger partial charge is 0.379 e. The van der Waals surface area contributed by atoms with Crippen molar-refractivity contribution < 1.29 is 19.1 Å². The van der Waals surface area contributed by atoms with E-state index in [-0.39, 0.29) is 0 Å². The maximum Gasteiger partial charge on any atom is 0.328 e. The predicted molar refractivity (Wildman–Crippen MR) is 81.7 cm³/mol. The molecular formula is C16H19N3O4. The second kappa shape index (κ2) is 6.47. The number of rotatable bonds is 4. The third-order valence-electron chi connectivity index (χ3n) is 4.40. The van der Waals surface area contributed by atoms with Crippen molar-refractivity contribution in [2.75, 3.05) is 32.8 Å². The van der Waals surface area contributed by atoms with E-state index in [1.165, 1.54) is 0 Å². The van der Waals surface area contributed by atoms with Crippen molar-refractivity contribution in [1.29, 1.82) is 0 Å². The van der Waals surface area contributed by atoms with Gasteiger partial charge in [0.2, 0.25) is 11.8 Å². The Kier molecular flexibility index (Phi) is 4.40. The van der Waals surface area contributed by atoms with E-state index in [2.05, 4.69) is 15.5 Å². The molecule has 2 heterocycles. The van der Waals surface area contributed by atoms with E-state index in [0.717, 1.165) is 13.1 Å². The first-order valence-electron chi connectivity index (χ1n) is 7.65. The van der Waals surface area contributed by atoms with E-state index >= 15 is 0 Å². The van der Waals surface area contributed by atoms with Gasteiger partial charge in [-0.15, -0.1) is 0 Å². The fraction of sp³-hybridized carbons (Fsp3) is 0.438. The van der Waals surface area contributed by atoms with Crippen LogP contribution in [0.1, 0.15) is 12.0 Å². The van der Waals surface area contributed by atoms with Crippen LogP contribution in [-0.2, 0) is 19.7 Å². The number of barbiturate groups is 1. The Morgan fingerprint density at radius 2 is 1.61 bits per heavy atom. The Bertz CT molecular complexity index is 591. The number of amides is 4. The molecule has 1 aromatic rings. The minimum atomic E-state index is -1.38. The van der Waals surface area contributed by atoms with Crippen LogP contribution in [0.2, 0.25) is 0 Å². The van der Waals surface area contributed by atoms with Gasteiger partial charge in [0.05, 0.1) is 13.2 Å². The Balaban J connectivity index is 1.88. The van der Waals surface area contributed by atoms with Gasteiger partial charge in [-0.05, 0) is 12.0 Å². The highest BCUT2D eigenvalue weighted by atomic mass is 16.5.